The standard InChI is InChI=1S/C14H18N2O4S/c1-10(2)8-15-14(19)16-12(17)9-20-13(18)6-5-11-4-3-7-21-11/h3-7,10H,8-9H2,1-2H3,(H2,15,16,17,19)/b6-5+. The summed E-state index contributed by atoms with van der Waals surface area (Å²) in [5.74, 6) is -1.03. The Hall–Kier alpha value is -2.15. The summed E-state index contributed by atoms with van der Waals surface area (Å²) in [4.78, 5) is 34.9. The van der Waals surface area contributed by atoms with Gasteiger partial charge in [-0.25, -0.2) is 9.59 Å². The van der Waals surface area contributed by atoms with Crippen LogP contribution < -0.4 is 10.6 Å². The summed E-state index contributed by atoms with van der Waals surface area (Å²) in [5.41, 5.74) is 0. The predicted molar refractivity (Wildman–Crippen MR) is 80.7 cm³/mol. The van der Waals surface area contributed by atoms with Crippen molar-refractivity contribution < 1.29 is 19.1 Å². The quantitative estimate of drug-likeness (QED) is 0.619. The Labute approximate surface area is 127 Å². The molecular formula is C14H18N2O4S. The van der Waals surface area contributed by atoms with Crippen molar-refractivity contribution in [2.75, 3.05) is 13.2 Å². The third-order valence-electron chi connectivity index (χ3n) is 2.20. The lowest BCUT2D eigenvalue weighted by Crippen LogP contribution is -2.42. The average molecular weight is 310 g/mol. The second-order valence-corrected chi connectivity index (χ2v) is 5.59. The third kappa shape index (κ3) is 7.88. The van der Waals surface area contributed by atoms with Gasteiger partial charge >= 0.3 is 12.0 Å². The summed E-state index contributed by atoms with van der Waals surface area (Å²) >= 11 is 1.48. The molecule has 0 spiro atoms. The van der Waals surface area contributed by atoms with Crippen LogP contribution in [-0.2, 0) is 14.3 Å². The van der Waals surface area contributed by atoms with E-state index in [1.807, 2.05) is 31.4 Å². The fourth-order valence-corrected chi connectivity index (χ4v) is 1.84. The van der Waals surface area contributed by atoms with Gasteiger partial charge in [-0.2, -0.15) is 0 Å². The highest BCUT2D eigenvalue weighted by atomic mass is 32.1. The summed E-state index contributed by atoms with van der Waals surface area (Å²) in [6.45, 7) is 3.83. The third-order valence-corrected chi connectivity index (χ3v) is 3.03. The van der Waals surface area contributed by atoms with Crippen molar-refractivity contribution in [3.05, 3.63) is 28.5 Å². The highest BCUT2D eigenvalue weighted by molar-refractivity contribution is 7.10. The number of imide groups is 1. The van der Waals surface area contributed by atoms with E-state index in [1.54, 1.807) is 6.08 Å². The molecular weight excluding hydrogens is 292 g/mol. The van der Waals surface area contributed by atoms with Crippen molar-refractivity contribution in [3.8, 4) is 0 Å². The molecule has 3 amide bonds. The van der Waals surface area contributed by atoms with Gasteiger partial charge in [0.1, 0.15) is 0 Å². The van der Waals surface area contributed by atoms with Crippen LogP contribution >= 0.6 is 11.3 Å². The fourth-order valence-electron chi connectivity index (χ4n) is 1.22. The molecule has 0 aliphatic carbocycles. The highest BCUT2D eigenvalue weighted by Crippen LogP contribution is 2.09. The summed E-state index contributed by atoms with van der Waals surface area (Å²) in [6, 6.07) is 3.11. The van der Waals surface area contributed by atoms with E-state index in [1.165, 1.54) is 17.4 Å². The molecule has 21 heavy (non-hydrogen) atoms. The van der Waals surface area contributed by atoms with Gasteiger partial charge in [0.15, 0.2) is 6.61 Å². The Morgan fingerprint density at radius 1 is 1.38 bits per heavy atom. The molecule has 0 saturated carbocycles. The van der Waals surface area contributed by atoms with E-state index in [4.69, 9.17) is 4.74 Å². The molecule has 6 nitrogen and oxygen atoms in total. The van der Waals surface area contributed by atoms with Gasteiger partial charge in [0, 0.05) is 17.5 Å². The fraction of sp³-hybridized carbons (Fsp3) is 0.357. The SMILES string of the molecule is CC(C)CNC(=O)NC(=O)COC(=O)/C=C/c1cccs1. The zero-order chi connectivity index (χ0) is 15.7. The number of thiophene rings is 1. The number of hydrogen-bond donors (Lipinski definition) is 2. The van der Waals surface area contributed by atoms with Gasteiger partial charge in [-0.05, 0) is 23.4 Å². The van der Waals surface area contributed by atoms with Crippen molar-refractivity contribution in [3.63, 3.8) is 0 Å². The van der Waals surface area contributed by atoms with Gasteiger partial charge in [-0.15, -0.1) is 11.3 Å². The molecule has 7 heteroatoms. The van der Waals surface area contributed by atoms with Gasteiger partial charge in [-0.1, -0.05) is 19.9 Å². The lowest BCUT2D eigenvalue weighted by Gasteiger charge is -2.08. The summed E-state index contributed by atoms with van der Waals surface area (Å²) in [5, 5.41) is 6.48. The highest BCUT2D eigenvalue weighted by Gasteiger charge is 2.09. The number of hydrogen-bond acceptors (Lipinski definition) is 5. The molecule has 1 rings (SSSR count). The molecule has 1 aromatic heterocycles. The number of urea groups is 1. The second kappa shape index (κ2) is 8.91. The molecule has 0 fully saturated rings. The van der Waals surface area contributed by atoms with Gasteiger partial charge in [0.25, 0.3) is 5.91 Å². The van der Waals surface area contributed by atoms with E-state index in [9.17, 15) is 14.4 Å². The molecule has 1 aromatic rings. The molecule has 2 N–H and O–H groups in total. The molecule has 0 saturated heterocycles. The average Bonchev–Trinajstić information content (AvgIpc) is 2.94. The summed E-state index contributed by atoms with van der Waals surface area (Å²) in [6.07, 6.45) is 2.83. The molecule has 0 atom stereocenters. The van der Waals surface area contributed by atoms with E-state index in [0.717, 1.165) is 4.88 Å². The Morgan fingerprint density at radius 2 is 2.14 bits per heavy atom. The topological polar surface area (TPSA) is 84.5 Å². The first kappa shape index (κ1) is 16.9. The van der Waals surface area contributed by atoms with Gasteiger partial charge in [-0.3, -0.25) is 10.1 Å². The minimum Gasteiger partial charge on any atom is -0.452 e. The summed E-state index contributed by atoms with van der Waals surface area (Å²) in [7, 11) is 0. The van der Waals surface area contributed by atoms with E-state index in [-0.39, 0.29) is 5.92 Å². The lowest BCUT2D eigenvalue weighted by molar-refractivity contribution is -0.143. The Kier molecular flexibility index (Phi) is 7.17. The monoisotopic (exact) mass is 310 g/mol. The molecule has 0 aliphatic rings. The first-order valence-electron chi connectivity index (χ1n) is 6.43. The van der Waals surface area contributed by atoms with Crippen LogP contribution in [0.3, 0.4) is 0 Å². The van der Waals surface area contributed by atoms with Crippen molar-refractivity contribution in [1.82, 2.24) is 10.6 Å². The van der Waals surface area contributed by atoms with E-state index >= 15 is 0 Å². The second-order valence-electron chi connectivity index (χ2n) is 4.61. The normalized spacial score (nSPS) is 10.6. The van der Waals surface area contributed by atoms with Crippen LogP contribution in [-0.4, -0.2) is 31.1 Å². The molecule has 1 heterocycles. The number of esters is 1. The zero-order valence-electron chi connectivity index (χ0n) is 11.9. The summed E-state index contributed by atoms with van der Waals surface area (Å²) < 4.78 is 4.72. The smallest absolute Gasteiger partial charge is 0.331 e. The number of ether oxygens (including phenoxy) is 1. The Morgan fingerprint density at radius 3 is 2.76 bits per heavy atom. The first-order chi connectivity index (χ1) is 9.97. The van der Waals surface area contributed by atoms with Gasteiger partial charge in [0.05, 0.1) is 0 Å². The minimum atomic E-state index is -0.672. The van der Waals surface area contributed by atoms with Crippen LogP contribution in [0.25, 0.3) is 6.08 Å². The van der Waals surface area contributed by atoms with Crippen LogP contribution in [0.4, 0.5) is 4.79 Å². The van der Waals surface area contributed by atoms with Crippen LogP contribution in [0.5, 0.6) is 0 Å². The van der Waals surface area contributed by atoms with E-state index in [0.29, 0.717) is 6.54 Å². The molecule has 114 valence electrons. The van der Waals surface area contributed by atoms with Gasteiger partial charge < -0.3 is 10.1 Å². The Bertz CT molecular complexity index is 509. The number of carbonyl (C=O) groups excluding carboxylic acids is 3. The maximum atomic E-state index is 11.4. The van der Waals surface area contributed by atoms with Crippen molar-refractivity contribution in [2.45, 2.75) is 13.8 Å². The predicted octanol–water partition coefficient (Wildman–Crippen LogP) is 1.79. The van der Waals surface area contributed by atoms with Gasteiger partial charge in [0.2, 0.25) is 0 Å². The number of nitrogens with one attached hydrogen (secondary N) is 2. The van der Waals surface area contributed by atoms with Crippen LogP contribution in [0.2, 0.25) is 0 Å². The van der Waals surface area contributed by atoms with Crippen molar-refractivity contribution in [2.24, 2.45) is 5.92 Å². The maximum Gasteiger partial charge on any atom is 0.331 e. The number of carbonyl (C=O) groups is 3. The van der Waals surface area contributed by atoms with E-state index < -0.39 is 24.5 Å². The molecule has 0 unspecified atom stereocenters. The number of amides is 3. The minimum absolute atomic E-state index is 0.283. The molecule has 0 aliphatic heterocycles. The Balaban J connectivity index is 2.23. The number of rotatable bonds is 6. The van der Waals surface area contributed by atoms with Crippen LogP contribution in [0.15, 0.2) is 23.6 Å². The molecule has 0 radical (unpaired) electrons. The largest absolute Gasteiger partial charge is 0.452 e. The van der Waals surface area contributed by atoms with E-state index in [2.05, 4.69) is 10.6 Å². The molecule has 0 bridgehead atoms. The van der Waals surface area contributed by atoms with Crippen LogP contribution in [0.1, 0.15) is 18.7 Å². The zero-order valence-corrected chi connectivity index (χ0v) is 12.7. The van der Waals surface area contributed by atoms with Crippen molar-refractivity contribution in [1.29, 1.82) is 0 Å². The maximum absolute atomic E-state index is 11.4. The lowest BCUT2D eigenvalue weighted by atomic mass is 10.2. The molecule has 0 aromatic carbocycles. The van der Waals surface area contributed by atoms with Crippen LogP contribution in [0, 0.1) is 5.92 Å². The first-order valence-corrected chi connectivity index (χ1v) is 7.31. The van der Waals surface area contributed by atoms with Crippen molar-refractivity contribution >= 4 is 35.3 Å².